The summed E-state index contributed by atoms with van der Waals surface area (Å²) < 4.78 is 4.96. The largest absolute Gasteiger partial charge is 0.311 e. The summed E-state index contributed by atoms with van der Waals surface area (Å²) >= 11 is 0. The van der Waals surface area contributed by atoms with Crippen LogP contribution in [0.4, 0.5) is 34.1 Å². The minimum Gasteiger partial charge on any atom is -0.311 e. The second-order valence-corrected chi connectivity index (χ2v) is 25.0. The Kier molecular flexibility index (Phi) is 12.3. The topological polar surface area (TPSA) is 16.3 Å². The number of para-hydroxylation sites is 4. The van der Waals surface area contributed by atoms with E-state index in [1.807, 2.05) is 0 Å². The Labute approximate surface area is 536 Å². The lowest BCUT2D eigenvalue weighted by Crippen LogP contribution is -2.61. The van der Waals surface area contributed by atoms with Gasteiger partial charge in [0.05, 0.1) is 22.1 Å². The van der Waals surface area contributed by atoms with Gasteiger partial charge in [0.25, 0.3) is 6.71 Å². The van der Waals surface area contributed by atoms with Crippen molar-refractivity contribution in [1.82, 2.24) is 9.13 Å². The van der Waals surface area contributed by atoms with Gasteiger partial charge in [-0.25, -0.2) is 0 Å². The van der Waals surface area contributed by atoms with E-state index in [0.29, 0.717) is 0 Å². The van der Waals surface area contributed by atoms with E-state index in [1.54, 1.807) is 0 Å². The van der Waals surface area contributed by atoms with E-state index in [1.165, 1.54) is 82.3 Å². The molecule has 16 aromatic rings. The molecular formula is C87H61BN4. The molecule has 0 saturated heterocycles. The molecule has 0 N–H and O–H groups in total. The van der Waals surface area contributed by atoms with Crippen molar-refractivity contribution in [2.75, 3.05) is 9.80 Å². The van der Waals surface area contributed by atoms with Crippen LogP contribution in [0.25, 0.3) is 111 Å². The maximum atomic E-state index is 2.63. The highest BCUT2D eigenvalue weighted by atomic mass is 15.2. The molecule has 0 atom stereocenters. The molecule has 0 spiro atoms. The van der Waals surface area contributed by atoms with Crippen LogP contribution in [0.5, 0.6) is 0 Å². The number of nitrogens with zero attached hydrogens (tertiary/aromatic N) is 4. The van der Waals surface area contributed by atoms with Crippen LogP contribution in [0.1, 0.15) is 16.7 Å². The lowest BCUT2D eigenvalue weighted by molar-refractivity contribution is 1.17. The zero-order chi connectivity index (χ0) is 61.1. The van der Waals surface area contributed by atoms with Gasteiger partial charge in [-0.15, -0.1) is 0 Å². The highest BCUT2D eigenvalue weighted by Crippen LogP contribution is 2.50. The first-order chi connectivity index (χ1) is 45.4. The summed E-state index contributed by atoms with van der Waals surface area (Å²) in [5.41, 5.74) is 32.7. The zero-order valence-corrected chi connectivity index (χ0v) is 51.4. The molecule has 0 aliphatic carbocycles. The van der Waals surface area contributed by atoms with Gasteiger partial charge in [0.15, 0.2) is 0 Å². The van der Waals surface area contributed by atoms with Crippen molar-refractivity contribution in [3.05, 3.63) is 332 Å². The first-order valence-electron chi connectivity index (χ1n) is 32.0. The monoisotopic (exact) mass is 1170 g/mol. The standard InChI is InChI=1S/C87H61BN4/c1-56-44-57(2)86(58(3)45-56)67-52-84-87-85(53-67)92(71-50-65(61-28-12-6-13-29-61)47-66(51-71)62-30-14-7-15-31-62)83-55-69(90-80-38-22-18-34-74(80)75-35-19-23-39-81(75)90)41-43-77(83)88(87)76-42-40-68(89-78-36-20-16-32-72(78)73-33-17-21-37-79(73)89)54-82(76)91(84)70-48-63(59-24-8-4-9-25-59)46-64(49-70)60-26-10-5-11-27-60/h4-55H,1-3H3. The van der Waals surface area contributed by atoms with Crippen LogP contribution in [-0.4, -0.2) is 15.8 Å². The van der Waals surface area contributed by atoms with Crippen LogP contribution in [0.15, 0.2) is 315 Å². The summed E-state index contributed by atoms with van der Waals surface area (Å²) in [6.45, 7) is 6.62. The molecule has 0 fully saturated rings. The van der Waals surface area contributed by atoms with Crippen molar-refractivity contribution in [2.45, 2.75) is 20.8 Å². The highest BCUT2D eigenvalue weighted by Gasteiger charge is 2.45. The van der Waals surface area contributed by atoms with Gasteiger partial charge in [0.2, 0.25) is 0 Å². The van der Waals surface area contributed by atoms with Crippen LogP contribution in [-0.2, 0) is 0 Å². The molecule has 0 amide bonds. The van der Waals surface area contributed by atoms with Crippen molar-refractivity contribution in [3.63, 3.8) is 0 Å². The Hall–Kier alpha value is -11.7. The van der Waals surface area contributed by atoms with Crippen LogP contribution in [0.2, 0.25) is 0 Å². The second kappa shape index (κ2) is 21.3. The Morgan fingerprint density at radius 1 is 0.239 bits per heavy atom. The smallest absolute Gasteiger partial charge is 0.252 e. The predicted molar refractivity (Wildman–Crippen MR) is 391 cm³/mol. The molecule has 4 nitrogen and oxygen atoms in total. The van der Waals surface area contributed by atoms with Gasteiger partial charge in [-0.3, -0.25) is 0 Å². The van der Waals surface area contributed by atoms with Crippen LogP contribution in [0.3, 0.4) is 0 Å². The predicted octanol–water partition coefficient (Wildman–Crippen LogP) is 21.2. The van der Waals surface area contributed by atoms with Crippen molar-refractivity contribution in [2.24, 2.45) is 0 Å². The number of anilines is 6. The molecule has 4 heterocycles. The summed E-state index contributed by atoms with van der Waals surface area (Å²) in [4.78, 5) is 5.27. The summed E-state index contributed by atoms with van der Waals surface area (Å²) in [5, 5.41) is 4.93. The Morgan fingerprint density at radius 2 is 0.554 bits per heavy atom. The van der Waals surface area contributed by atoms with Gasteiger partial charge in [0, 0.05) is 67.0 Å². The number of hydrogen-bond acceptors (Lipinski definition) is 2. The Bertz CT molecular complexity index is 5070. The molecule has 5 heteroatoms. The molecule has 2 aliphatic rings. The molecule has 2 aromatic heterocycles. The fraction of sp³-hybridized carbons (Fsp3) is 0.0345. The summed E-state index contributed by atoms with van der Waals surface area (Å²) in [5.74, 6) is 0. The lowest BCUT2D eigenvalue weighted by atomic mass is 9.33. The summed E-state index contributed by atoms with van der Waals surface area (Å²) in [7, 11) is 0. The number of rotatable bonds is 9. The number of aromatic nitrogens is 2. The third kappa shape index (κ3) is 8.53. The summed E-state index contributed by atoms with van der Waals surface area (Å²) in [6, 6.07) is 118. The highest BCUT2D eigenvalue weighted by molar-refractivity contribution is 7.00. The quantitative estimate of drug-likeness (QED) is 0.134. The minimum absolute atomic E-state index is 0.192. The summed E-state index contributed by atoms with van der Waals surface area (Å²) in [6.07, 6.45) is 0. The van der Waals surface area contributed by atoms with Crippen LogP contribution in [0, 0.1) is 20.8 Å². The van der Waals surface area contributed by atoms with E-state index < -0.39 is 0 Å². The minimum atomic E-state index is -0.192. The zero-order valence-electron chi connectivity index (χ0n) is 51.4. The first-order valence-corrected chi connectivity index (χ1v) is 32.0. The number of benzene rings is 14. The third-order valence-corrected chi connectivity index (χ3v) is 19.5. The molecule has 0 bridgehead atoms. The van der Waals surface area contributed by atoms with Gasteiger partial charge in [0.1, 0.15) is 0 Å². The molecular weight excluding hydrogens is 1110 g/mol. The average molecular weight is 1170 g/mol. The number of aryl methyl sites for hydroxylation is 3. The molecule has 92 heavy (non-hydrogen) atoms. The molecule has 0 unspecified atom stereocenters. The van der Waals surface area contributed by atoms with E-state index in [-0.39, 0.29) is 6.71 Å². The van der Waals surface area contributed by atoms with Gasteiger partial charge in [-0.05, 0) is 201 Å². The lowest BCUT2D eigenvalue weighted by Gasteiger charge is -2.45. The third-order valence-electron chi connectivity index (χ3n) is 19.5. The van der Waals surface area contributed by atoms with E-state index >= 15 is 0 Å². The molecule has 0 radical (unpaired) electrons. The normalized spacial score (nSPS) is 12.4. The second-order valence-electron chi connectivity index (χ2n) is 25.0. The molecule has 2 aliphatic heterocycles. The van der Waals surface area contributed by atoms with Gasteiger partial charge >= 0.3 is 0 Å². The average Bonchev–Trinajstić information content (AvgIpc) is 0.793. The van der Waals surface area contributed by atoms with E-state index in [9.17, 15) is 0 Å². The van der Waals surface area contributed by atoms with E-state index in [0.717, 1.165) is 95.6 Å². The molecule has 0 saturated carbocycles. The molecule has 18 rings (SSSR count). The fourth-order valence-corrected chi connectivity index (χ4v) is 15.7. The maximum Gasteiger partial charge on any atom is 0.252 e. The maximum absolute atomic E-state index is 2.63. The van der Waals surface area contributed by atoms with Gasteiger partial charge in [-0.2, -0.15) is 0 Å². The van der Waals surface area contributed by atoms with E-state index in [4.69, 9.17) is 0 Å². The molecule has 14 aromatic carbocycles. The number of fused-ring (bicyclic) bond motifs is 10. The van der Waals surface area contributed by atoms with Crippen molar-refractivity contribution in [3.8, 4) is 67.0 Å². The van der Waals surface area contributed by atoms with Crippen LogP contribution < -0.4 is 26.2 Å². The molecule has 432 valence electrons. The Morgan fingerprint density at radius 3 is 0.891 bits per heavy atom. The van der Waals surface area contributed by atoms with E-state index in [2.05, 4.69) is 355 Å². The van der Waals surface area contributed by atoms with Crippen molar-refractivity contribution < 1.29 is 0 Å². The fourth-order valence-electron chi connectivity index (χ4n) is 15.7. The Balaban J connectivity index is 0.998. The van der Waals surface area contributed by atoms with Crippen molar-refractivity contribution in [1.29, 1.82) is 0 Å². The number of hydrogen-bond donors (Lipinski definition) is 0. The van der Waals surface area contributed by atoms with Gasteiger partial charge in [-0.1, -0.05) is 224 Å². The van der Waals surface area contributed by atoms with Crippen molar-refractivity contribution >= 4 is 101 Å². The van der Waals surface area contributed by atoms with Gasteiger partial charge < -0.3 is 18.9 Å². The van der Waals surface area contributed by atoms with Crippen LogP contribution >= 0.6 is 0 Å². The first kappa shape index (κ1) is 53.4. The SMILES string of the molecule is Cc1cc(C)c(-c2cc3c4c(c2)N(c2cc(-c5ccccc5)cc(-c5ccccc5)c2)c2cc(-n5c6ccccc6c6ccccc65)ccc2B4c2ccc(-n4c5ccccc5c5ccccc54)cc2N3c2cc(-c3ccccc3)cc(-c3ccccc3)c2)c(C)c1.